The van der Waals surface area contributed by atoms with E-state index in [0.717, 1.165) is 11.1 Å². The summed E-state index contributed by atoms with van der Waals surface area (Å²) in [5, 5.41) is 2.93. The van der Waals surface area contributed by atoms with Crippen LogP contribution in [-0.2, 0) is 6.54 Å². The van der Waals surface area contributed by atoms with Gasteiger partial charge in [0.25, 0.3) is 5.91 Å². The lowest BCUT2D eigenvalue weighted by Gasteiger charge is -2.10. The third-order valence-corrected chi connectivity index (χ3v) is 4.59. The van der Waals surface area contributed by atoms with Gasteiger partial charge in [-0.25, -0.2) is 4.98 Å². The molecule has 0 bridgehead atoms. The molecule has 0 radical (unpaired) electrons. The molecule has 31 heavy (non-hydrogen) atoms. The number of nitrogens with one attached hydrogen (secondary N) is 1. The predicted molar refractivity (Wildman–Crippen MR) is 118 cm³/mol. The highest BCUT2D eigenvalue weighted by molar-refractivity contribution is 5.95. The maximum atomic E-state index is 12.6. The molecule has 0 atom stereocenters. The van der Waals surface area contributed by atoms with Gasteiger partial charge in [-0.3, -0.25) is 4.79 Å². The summed E-state index contributed by atoms with van der Waals surface area (Å²) in [4.78, 5) is 21.4. The van der Waals surface area contributed by atoms with Gasteiger partial charge in [-0.2, -0.15) is 4.98 Å². The van der Waals surface area contributed by atoms with Gasteiger partial charge in [0.1, 0.15) is 0 Å². The van der Waals surface area contributed by atoms with Crippen LogP contribution in [0.4, 0.5) is 0 Å². The van der Waals surface area contributed by atoms with Crippen molar-refractivity contribution in [1.82, 2.24) is 15.3 Å². The topological polar surface area (TPSA) is 73.3 Å². The van der Waals surface area contributed by atoms with Crippen LogP contribution in [0.3, 0.4) is 0 Å². The minimum Gasteiger partial charge on any atom is -0.493 e. The van der Waals surface area contributed by atoms with Gasteiger partial charge in [0.15, 0.2) is 17.3 Å². The van der Waals surface area contributed by atoms with Crippen molar-refractivity contribution in [3.05, 3.63) is 102 Å². The number of nitrogens with zero attached hydrogens (tertiary/aromatic N) is 2. The Morgan fingerprint density at radius 2 is 1.68 bits per heavy atom. The molecule has 1 heterocycles. The Morgan fingerprint density at radius 3 is 2.48 bits per heavy atom. The van der Waals surface area contributed by atoms with Crippen molar-refractivity contribution < 1.29 is 14.3 Å². The molecule has 0 saturated carbocycles. The van der Waals surface area contributed by atoms with Gasteiger partial charge in [-0.15, -0.1) is 0 Å². The molecule has 4 aromatic rings. The standard InChI is InChI=1S/C25H21N3O3/c1-30-21-12-5-6-13-22(21)31-23-14-15-26-24(28-23)19-10-7-11-20(16-19)25(29)27-17-18-8-3-2-4-9-18/h2-16H,17H2,1H3,(H,27,29). The van der Waals surface area contributed by atoms with Gasteiger partial charge < -0.3 is 14.8 Å². The zero-order valence-electron chi connectivity index (χ0n) is 17.0. The number of para-hydroxylation sites is 2. The monoisotopic (exact) mass is 411 g/mol. The molecule has 0 aliphatic rings. The van der Waals surface area contributed by atoms with Crippen molar-refractivity contribution in [2.75, 3.05) is 7.11 Å². The first-order chi connectivity index (χ1) is 15.2. The third kappa shape index (κ3) is 5.05. The number of benzene rings is 3. The maximum Gasteiger partial charge on any atom is 0.251 e. The van der Waals surface area contributed by atoms with Gasteiger partial charge >= 0.3 is 0 Å². The number of aromatic nitrogens is 2. The number of amides is 1. The minimum absolute atomic E-state index is 0.160. The lowest BCUT2D eigenvalue weighted by Crippen LogP contribution is -2.22. The van der Waals surface area contributed by atoms with Crippen molar-refractivity contribution in [2.45, 2.75) is 6.54 Å². The average Bonchev–Trinajstić information content (AvgIpc) is 2.84. The fourth-order valence-electron chi connectivity index (χ4n) is 3.03. The highest BCUT2D eigenvalue weighted by atomic mass is 16.5. The first kappa shape index (κ1) is 20.1. The Bertz CT molecular complexity index is 1180. The predicted octanol–water partition coefficient (Wildman–Crippen LogP) is 4.87. The van der Waals surface area contributed by atoms with Crippen molar-refractivity contribution in [1.29, 1.82) is 0 Å². The summed E-state index contributed by atoms with van der Waals surface area (Å²) in [7, 11) is 1.59. The zero-order chi connectivity index (χ0) is 21.5. The highest BCUT2D eigenvalue weighted by Crippen LogP contribution is 2.30. The van der Waals surface area contributed by atoms with E-state index in [9.17, 15) is 4.79 Å². The Hall–Kier alpha value is -4.19. The first-order valence-electron chi connectivity index (χ1n) is 9.79. The molecule has 1 aromatic heterocycles. The van der Waals surface area contributed by atoms with E-state index in [1.54, 1.807) is 37.6 Å². The van der Waals surface area contributed by atoms with Gasteiger partial charge in [-0.1, -0.05) is 54.6 Å². The fraction of sp³-hybridized carbons (Fsp3) is 0.0800. The Balaban J connectivity index is 1.51. The molecule has 0 unspecified atom stereocenters. The number of rotatable bonds is 7. The van der Waals surface area contributed by atoms with Crippen LogP contribution in [0.1, 0.15) is 15.9 Å². The molecule has 0 saturated heterocycles. The molecule has 0 spiro atoms. The minimum atomic E-state index is -0.160. The average molecular weight is 411 g/mol. The molecule has 1 N–H and O–H groups in total. The largest absolute Gasteiger partial charge is 0.493 e. The maximum absolute atomic E-state index is 12.6. The lowest BCUT2D eigenvalue weighted by atomic mass is 10.1. The summed E-state index contributed by atoms with van der Waals surface area (Å²) < 4.78 is 11.2. The van der Waals surface area contributed by atoms with Crippen molar-refractivity contribution in [3.63, 3.8) is 0 Å². The van der Waals surface area contributed by atoms with Crippen LogP contribution >= 0.6 is 0 Å². The summed E-state index contributed by atoms with van der Waals surface area (Å²) >= 11 is 0. The molecule has 0 aliphatic carbocycles. The second-order valence-corrected chi connectivity index (χ2v) is 6.72. The van der Waals surface area contributed by atoms with Crippen molar-refractivity contribution in [2.24, 2.45) is 0 Å². The van der Waals surface area contributed by atoms with E-state index in [4.69, 9.17) is 9.47 Å². The number of ether oxygens (including phenoxy) is 2. The van der Waals surface area contributed by atoms with Gasteiger partial charge in [0, 0.05) is 29.9 Å². The smallest absolute Gasteiger partial charge is 0.251 e. The number of hydrogen-bond acceptors (Lipinski definition) is 5. The molecule has 0 aliphatic heterocycles. The molecule has 3 aromatic carbocycles. The molecule has 6 heteroatoms. The summed E-state index contributed by atoms with van der Waals surface area (Å²) in [6.07, 6.45) is 1.62. The van der Waals surface area contributed by atoms with Crippen LogP contribution in [0.15, 0.2) is 91.1 Å². The number of methoxy groups -OCH3 is 1. The Labute approximate surface area is 180 Å². The van der Waals surface area contributed by atoms with Crippen LogP contribution < -0.4 is 14.8 Å². The second kappa shape index (κ2) is 9.54. The quantitative estimate of drug-likeness (QED) is 0.469. The van der Waals surface area contributed by atoms with Gasteiger partial charge in [0.05, 0.1) is 7.11 Å². The van der Waals surface area contributed by atoms with Crippen LogP contribution in [0.2, 0.25) is 0 Å². The van der Waals surface area contributed by atoms with Gasteiger partial charge in [-0.05, 0) is 29.8 Å². The van der Waals surface area contributed by atoms with Crippen LogP contribution in [0.25, 0.3) is 11.4 Å². The number of carbonyl (C=O) groups excluding carboxylic acids is 1. The molecule has 6 nitrogen and oxygen atoms in total. The molecule has 154 valence electrons. The summed E-state index contributed by atoms with van der Waals surface area (Å²) in [6, 6.07) is 26.0. The van der Waals surface area contributed by atoms with Crippen LogP contribution in [0, 0.1) is 0 Å². The molecular formula is C25H21N3O3. The van der Waals surface area contributed by atoms with Crippen molar-refractivity contribution >= 4 is 5.91 Å². The van der Waals surface area contributed by atoms with Crippen LogP contribution in [0.5, 0.6) is 17.4 Å². The lowest BCUT2D eigenvalue weighted by molar-refractivity contribution is 0.0951. The normalized spacial score (nSPS) is 10.4. The van der Waals surface area contributed by atoms with E-state index in [0.29, 0.717) is 35.3 Å². The summed E-state index contributed by atoms with van der Waals surface area (Å²) in [5.74, 6) is 1.86. The van der Waals surface area contributed by atoms with E-state index in [-0.39, 0.29) is 5.91 Å². The highest BCUT2D eigenvalue weighted by Gasteiger charge is 2.11. The number of hydrogen-bond donors (Lipinski definition) is 1. The first-order valence-corrected chi connectivity index (χ1v) is 9.79. The van der Waals surface area contributed by atoms with Gasteiger partial charge in [0.2, 0.25) is 5.88 Å². The Morgan fingerprint density at radius 1 is 0.903 bits per heavy atom. The fourth-order valence-corrected chi connectivity index (χ4v) is 3.03. The Kier molecular flexibility index (Phi) is 6.18. The zero-order valence-corrected chi connectivity index (χ0v) is 17.0. The molecular weight excluding hydrogens is 390 g/mol. The van der Waals surface area contributed by atoms with E-state index in [1.165, 1.54) is 0 Å². The molecule has 1 amide bonds. The van der Waals surface area contributed by atoms with Crippen LogP contribution in [-0.4, -0.2) is 23.0 Å². The SMILES string of the molecule is COc1ccccc1Oc1ccnc(-c2cccc(C(=O)NCc3ccccc3)c2)n1. The molecule has 0 fully saturated rings. The van der Waals surface area contributed by atoms with Crippen molar-refractivity contribution in [3.8, 4) is 28.8 Å². The summed E-state index contributed by atoms with van der Waals surface area (Å²) in [6.45, 7) is 0.461. The van der Waals surface area contributed by atoms with E-state index in [1.807, 2.05) is 60.7 Å². The summed E-state index contributed by atoms with van der Waals surface area (Å²) in [5.41, 5.74) is 2.29. The van der Waals surface area contributed by atoms with E-state index >= 15 is 0 Å². The second-order valence-electron chi connectivity index (χ2n) is 6.72. The van der Waals surface area contributed by atoms with E-state index < -0.39 is 0 Å². The molecule has 4 rings (SSSR count). The van der Waals surface area contributed by atoms with E-state index in [2.05, 4.69) is 15.3 Å². The third-order valence-electron chi connectivity index (χ3n) is 4.59. The number of carbonyl (C=O) groups is 1.